The molecule has 23 heavy (non-hydrogen) atoms. The predicted octanol–water partition coefficient (Wildman–Crippen LogP) is 4.13. The number of hydrogen-bond acceptors (Lipinski definition) is 4. The molecule has 0 aliphatic rings. The molecule has 0 saturated carbocycles. The maximum absolute atomic E-state index is 10.8. The summed E-state index contributed by atoms with van der Waals surface area (Å²) in [7, 11) is 0. The molecular weight excluding hydrogens is 300 g/mol. The van der Waals surface area contributed by atoms with E-state index in [-0.39, 0.29) is 12.3 Å². The van der Waals surface area contributed by atoms with Crippen LogP contribution in [0.2, 0.25) is 0 Å². The monoisotopic (exact) mass is 334 g/mol. The van der Waals surface area contributed by atoms with Gasteiger partial charge in [0.05, 0.1) is 18.6 Å². The Kier molecular flexibility index (Phi) is 15.2. The Morgan fingerprint density at radius 1 is 1.00 bits per heavy atom. The molecule has 0 aromatic rings. The van der Waals surface area contributed by atoms with Gasteiger partial charge >= 0.3 is 11.9 Å². The summed E-state index contributed by atoms with van der Waals surface area (Å²) in [5.74, 6) is -1.90. The van der Waals surface area contributed by atoms with E-state index in [1.807, 2.05) is 0 Å². The Bertz CT molecular complexity index is 306. The van der Waals surface area contributed by atoms with Crippen LogP contribution in [0.15, 0.2) is 0 Å². The minimum absolute atomic E-state index is 0.0257. The third-order valence-corrected chi connectivity index (χ3v) is 3.82. The van der Waals surface area contributed by atoms with Crippen LogP contribution >= 0.6 is 0 Å². The van der Waals surface area contributed by atoms with E-state index in [9.17, 15) is 9.59 Å². The summed E-state index contributed by atoms with van der Waals surface area (Å²) in [4.78, 5) is 30.8. The van der Waals surface area contributed by atoms with E-state index in [1.165, 1.54) is 0 Å². The molecule has 0 aliphatic carbocycles. The lowest BCUT2D eigenvalue weighted by Gasteiger charge is -2.26. The highest BCUT2D eigenvalue weighted by Gasteiger charge is 2.33. The number of carboxylic acid groups (broad SMARTS) is 2. The van der Waals surface area contributed by atoms with Gasteiger partial charge in [-0.3, -0.25) is 9.59 Å². The zero-order chi connectivity index (χ0) is 18.3. The molecule has 0 rings (SSSR count). The van der Waals surface area contributed by atoms with Gasteiger partial charge in [0.1, 0.15) is 0 Å². The molecular formula is C17H34O6. The van der Waals surface area contributed by atoms with Gasteiger partial charge in [-0.1, -0.05) is 33.6 Å². The fraction of sp³-hybridized carbons (Fsp3) is 0.882. The van der Waals surface area contributed by atoms with Crippen LogP contribution in [-0.4, -0.2) is 35.4 Å². The average Bonchev–Trinajstić information content (AvgIpc) is 2.48. The highest BCUT2D eigenvalue weighted by Crippen LogP contribution is 2.30. The van der Waals surface area contributed by atoms with Crippen molar-refractivity contribution in [1.82, 2.24) is 0 Å². The lowest BCUT2D eigenvalue weighted by Crippen LogP contribution is -2.31. The summed E-state index contributed by atoms with van der Waals surface area (Å²) in [5, 5.41) is 17.2. The largest absolute Gasteiger partial charge is 0.481 e. The number of rotatable bonds is 12. The lowest BCUT2D eigenvalue weighted by atomic mass is 9.78. The minimum Gasteiger partial charge on any atom is -0.481 e. The molecule has 6 nitrogen and oxygen atoms in total. The molecule has 0 aromatic heterocycles. The molecule has 2 N–H and O–H groups in total. The van der Waals surface area contributed by atoms with E-state index in [0.29, 0.717) is 6.42 Å². The van der Waals surface area contributed by atoms with E-state index in [4.69, 9.17) is 20.0 Å². The smallest absolute Gasteiger partial charge is 0.309 e. The number of carbonyl (C=O) groups is 2. The van der Waals surface area contributed by atoms with Crippen LogP contribution in [0.4, 0.5) is 0 Å². The molecule has 0 saturated heterocycles. The molecule has 6 heteroatoms. The predicted molar refractivity (Wildman–Crippen MR) is 89.2 cm³/mol. The van der Waals surface area contributed by atoms with Crippen LogP contribution in [0.5, 0.6) is 0 Å². The van der Waals surface area contributed by atoms with Gasteiger partial charge in [0.15, 0.2) is 0 Å². The second-order valence-corrected chi connectivity index (χ2v) is 6.21. The van der Waals surface area contributed by atoms with Gasteiger partial charge in [-0.2, -0.15) is 0 Å². The second-order valence-electron chi connectivity index (χ2n) is 6.21. The first-order valence-corrected chi connectivity index (χ1v) is 8.39. The summed E-state index contributed by atoms with van der Waals surface area (Å²) in [6, 6.07) is 0. The normalized spacial score (nSPS) is 12.2. The summed E-state index contributed by atoms with van der Waals surface area (Å²) < 4.78 is 0. The van der Waals surface area contributed by atoms with Crippen molar-refractivity contribution in [3.63, 3.8) is 0 Å². The van der Waals surface area contributed by atoms with Crippen molar-refractivity contribution in [3.8, 4) is 0 Å². The average molecular weight is 334 g/mol. The topological polar surface area (TPSA) is 93.1 Å². The fourth-order valence-electron chi connectivity index (χ4n) is 1.44. The van der Waals surface area contributed by atoms with E-state index in [0.717, 1.165) is 38.9 Å². The first kappa shape index (κ1) is 24.1. The molecule has 0 fully saturated rings. The quantitative estimate of drug-likeness (QED) is 0.316. The van der Waals surface area contributed by atoms with Gasteiger partial charge in [-0.15, -0.1) is 0 Å². The Balaban J connectivity index is 0. The molecule has 0 radical (unpaired) electrons. The number of unbranched alkanes of at least 4 members (excludes halogenated alkanes) is 2. The highest BCUT2D eigenvalue weighted by molar-refractivity contribution is 5.74. The van der Waals surface area contributed by atoms with Crippen LogP contribution < -0.4 is 0 Å². The molecule has 0 aliphatic heterocycles. The van der Waals surface area contributed by atoms with Crippen molar-refractivity contribution in [3.05, 3.63) is 0 Å². The van der Waals surface area contributed by atoms with E-state index < -0.39 is 17.4 Å². The Morgan fingerprint density at radius 2 is 1.43 bits per heavy atom. The first-order chi connectivity index (χ1) is 10.7. The molecule has 0 amide bonds. The van der Waals surface area contributed by atoms with E-state index in [1.54, 1.807) is 20.8 Å². The lowest BCUT2D eigenvalue weighted by molar-refractivity contribution is -0.295. The number of carboxylic acids is 2. The zero-order valence-electron chi connectivity index (χ0n) is 15.3. The van der Waals surface area contributed by atoms with Gasteiger partial charge in [-0.25, -0.2) is 9.78 Å². The van der Waals surface area contributed by atoms with Crippen molar-refractivity contribution >= 4 is 11.9 Å². The van der Waals surface area contributed by atoms with Crippen molar-refractivity contribution < 1.29 is 29.6 Å². The molecule has 0 heterocycles. The minimum atomic E-state index is -0.884. The van der Waals surface area contributed by atoms with Crippen LogP contribution in [0.3, 0.4) is 0 Å². The van der Waals surface area contributed by atoms with Crippen molar-refractivity contribution in [2.24, 2.45) is 11.3 Å². The van der Waals surface area contributed by atoms with Crippen LogP contribution in [0.25, 0.3) is 0 Å². The standard InChI is InChI=1S/C9H16O4.C8H18O2/c1-6(4-5-7(10)11)9(2,3)8(12)13;1-3-5-7-9-10-8-6-4-2/h6H,4-5H2,1-3H3,(H,10,11)(H,12,13);3-8H2,1-2H3. The molecule has 0 spiro atoms. The Morgan fingerprint density at radius 3 is 1.74 bits per heavy atom. The second kappa shape index (κ2) is 14.5. The van der Waals surface area contributed by atoms with Gasteiger partial charge in [0.25, 0.3) is 0 Å². The highest BCUT2D eigenvalue weighted by atomic mass is 17.2. The Hall–Kier alpha value is -1.14. The summed E-state index contributed by atoms with van der Waals surface area (Å²) in [6.45, 7) is 10.7. The van der Waals surface area contributed by atoms with Gasteiger partial charge in [0.2, 0.25) is 0 Å². The zero-order valence-corrected chi connectivity index (χ0v) is 15.3. The maximum atomic E-state index is 10.8. The van der Waals surface area contributed by atoms with Gasteiger partial charge in [-0.05, 0) is 39.0 Å². The SMILES string of the molecule is CC(CCC(=O)O)C(C)(C)C(=O)O.CCCCOOCCCC. The van der Waals surface area contributed by atoms with E-state index >= 15 is 0 Å². The maximum Gasteiger partial charge on any atom is 0.309 e. The van der Waals surface area contributed by atoms with E-state index in [2.05, 4.69) is 13.8 Å². The van der Waals surface area contributed by atoms with Crippen molar-refractivity contribution in [1.29, 1.82) is 0 Å². The van der Waals surface area contributed by atoms with Gasteiger partial charge < -0.3 is 10.2 Å². The molecule has 0 aromatic carbocycles. The van der Waals surface area contributed by atoms with Crippen molar-refractivity contribution in [2.45, 2.75) is 73.1 Å². The Labute approximate surface area is 140 Å². The van der Waals surface area contributed by atoms with Gasteiger partial charge in [0, 0.05) is 6.42 Å². The summed E-state index contributed by atoms with van der Waals surface area (Å²) in [6.07, 6.45) is 4.93. The number of aliphatic carboxylic acids is 2. The first-order valence-electron chi connectivity index (χ1n) is 8.39. The van der Waals surface area contributed by atoms with Crippen molar-refractivity contribution in [2.75, 3.05) is 13.2 Å². The molecule has 1 unspecified atom stereocenters. The third-order valence-electron chi connectivity index (χ3n) is 3.82. The molecule has 138 valence electrons. The molecule has 0 bridgehead atoms. The fourth-order valence-corrected chi connectivity index (χ4v) is 1.44. The van der Waals surface area contributed by atoms with Crippen LogP contribution in [-0.2, 0) is 19.4 Å². The van der Waals surface area contributed by atoms with Crippen LogP contribution in [0, 0.1) is 11.3 Å². The molecule has 1 atom stereocenters. The third kappa shape index (κ3) is 14.2. The summed E-state index contributed by atoms with van der Waals surface area (Å²) in [5.41, 5.74) is -0.852. The summed E-state index contributed by atoms with van der Waals surface area (Å²) >= 11 is 0. The number of hydrogen-bond donors (Lipinski definition) is 2. The van der Waals surface area contributed by atoms with Crippen LogP contribution in [0.1, 0.15) is 73.1 Å².